The molecular formula is C20H17FN4. The lowest BCUT2D eigenvalue weighted by molar-refractivity contribution is 0.617. The van der Waals surface area contributed by atoms with E-state index >= 15 is 0 Å². The van der Waals surface area contributed by atoms with Gasteiger partial charge in [0.1, 0.15) is 11.5 Å². The molecule has 1 N–H and O–H groups in total. The van der Waals surface area contributed by atoms with E-state index in [1.165, 1.54) is 12.3 Å². The van der Waals surface area contributed by atoms with Gasteiger partial charge >= 0.3 is 0 Å². The van der Waals surface area contributed by atoms with Gasteiger partial charge in [0.05, 0.1) is 23.6 Å². The average molecular weight is 332 g/mol. The fraction of sp³-hybridized carbons (Fsp3) is 0.100. The van der Waals surface area contributed by atoms with E-state index in [1.807, 2.05) is 66.2 Å². The fourth-order valence-electron chi connectivity index (χ4n) is 2.78. The largest absolute Gasteiger partial charge is 0.377 e. The number of hydrogen-bond donors (Lipinski definition) is 1. The second-order valence-corrected chi connectivity index (χ2v) is 5.94. The minimum Gasteiger partial charge on any atom is -0.377 e. The summed E-state index contributed by atoms with van der Waals surface area (Å²) < 4.78 is 15.0. The molecule has 25 heavy (non-hydrogen) atoms. The maximum atomic E-state index is 13.0. The van der Waals surface area contributed by atoms with Crippen LogP contribution in [0.1, 0.15) is 18.7 Å². The monoisotopic (exact) mass is 332 g/mol. The van der Waals surface area contributed by atoms with Crippen molar-refractivity contribution in [2.24, 2.45) is 0 Å². The van der Waals surface area contributed by atoms with Crippen molar-refractivity contribution in [1.29, 1.82) is 0 Å². The molecule has 1 unspecified atom stereocenters. The van der Waals surface area contributed by atoms with E-state index in [9.17, 15) is 4.39 Å². The van der Waals surface area contributed by atoms with Gasteiger partial charge in [-0.25, -0.2) is 9.37 Å². The smallest absolute Gasteiger partial charge is 0.141 e. The molecule has 124 valence electrons. The first kappa shape index (κ1) is 15.3. The molecule has 1 atom stereocenters. The Balaban J connectivity index is 1.52. The van der Waals surface area contributed by atoms with Crippen LogP contribution in [0.5, 0.6) is 0 Å². The first-order valence-electron chi connectivity index (χ1n) is 8.11. The van der Waals surface area contributed by atoms with Gasteiger partial charge in [-0.1, -0.05) is 18.2 Å². The summed E-state index contributed by atoms with van der Waals surface area (Å²) in [6, 6.07) is 17.1. The molecule has 0 aliphatic rings. The molecule has 0 spiro atoms. The summed E-state index contributed by atoms with van der Waals surface area (Å²) in [7, 11) is 0. The molecular weight excluding hydrogens is 315 g/mol. The van der Waals surface area contributed by atoms with Gasteiger partial charge in [-0.05, 0) is 43.3 Å². The number of aromatic nitrogens is 3. The summed E-state index contributed by atoms with van der Waals surface area (Å²) in [6.45, 7) is 2.00. The first-order valence-corrected chi connectivity index (χ1v) is 8.11. The number of rotatable bonds is 4. The molecule has 0 aliphatic heterocycles. The van der Waals surface area contributed by atoms with Crippen LogP contribution in [0.25, 0.3) is 16.9 Å². The summed E-state index contributed by atoms with van der Waals surface area (Å²) >= 11 is 0. The zero-order valence-electron chi connectivity index (χ0n) is 13.7. The van der Waals surface area contributed by atoms with Gasteiger partial charge in [0.25, 0.3) is 0 Å². The van der Waals surface area contributed by atoms with Gasteiger partial charge in [0, 0.05) is 23.6 Å². The van der Waals surface area contributed by atoms with Gasteiger partial charge in [0.15, 0.2) is 0 Å². The van der Waals surface area contributed by atoms with Crippen LogP contribution in [0.3, 0.4) is 0 Å². The standard InChI is InChI=1S/C20H17FN4/c1-14(18-10-7-16(21)12-22-18)23-17-8-5-15(6-9-17)19-13-25-11-3-2-4-20(25)24-19/h2-14,23H,1H3. The van der Waals surface area contributed by atoms with Crippen LogP contribution in [-0.2, 0) is 0 Å². The minimum absolute atomic E-state index is 0.0124. The number of halogens is 1. The van der Waals surface area contributed by atoms with E-state index in [-0.39, 0.29) is 11.9 Å². The van der Waals surface area contributed by atoms with E-state index in [0.717, 1.165) is 28.3 Å². The zero-order valence-corrected chi connectivity index (χ0v) is 13.7. The maximum absolute atomic E-state index is 13.0. The Kier molecular flexibility index (Phi) is 3.90. The summed E-state index contributed by atoms with van der Waals surface area (Å²) in [5.74, 6) is -0.326. The Morgan fingerprint density at radius 2 is 1.88 bits per heavy atom. The van der Waals surface area contributed by atoms with Gasteiger partial charge in [-0.2, -0.15) is 0 Å². The normalized spacial score (nSPS) is 12.2. The third kappa shape index (κ3) is 3.21. The van der Waals surface area contributed by atoms with Crippen molar-refractivity contribution in [3.05, 3.63) is 84.7 Å². The highest BCUT2D eigenvalue weighted by Crippen LogP contribution is 2.23. The Morgan fingerprint density at radius 3 is 2.60 bits per heavy atom. The van der Waals surface area contributed by atoms with E-state index in [2.05, 4.69) is 15.3 Å². The van der Waals surface area contributed by atoms with Crippen molar-refractivity contribution in [3.63, 3.8) is 0 Å². The molecule has 0 saturated heterocycles. The Bertz CT molecular complexity index is 957. The predicted octanol–water partition coefficient (Wildman–Crippen LogP) is 4.71. The molecule has 3 aromatic heterocycles. The maximum Gasteiger partial charge on any atom is 0.141 e. The average Bonchev–Trinajstić information content (AvgIpc) is 3.07. The molecule has 0 saturated carbocycles. The number of fused-ring (bicyclic) bond motifs is 1. The highest BCUT2D eigenvalue weighted by Gasteiger charge is 2.08. The van der Waals surface area contributed by atoms with Crippen LogP contribution in [0.4, 0.5) is 10.1 Å². The van der Waals surface area contributed by atoms with Gasteiger partial charge in [-0.3, -0.25) is 4.98 Å². The third-order valence-corrected chi connectivity index (χ3v) is 4.12. The Morgan fingerprint density at radius 1 is 1.04 bits per heavy atom. The molecule has 0 radical (unpaired) electrons. The number of anilines is 1. The molecule has 4 rings (SSSR count). The number of nitrogens with one attached hydrogen (secondary N) is 1. The zero-order chi connectivity index (χ0) is 17.2. The fourth-order valence-corrected chi connectivity index (χ4v) is 2.78. The number of nitrogens with zero attached hydrogens (tertiary/aromatic N) is 3. The molecule has 3 heterocycles. The van der Waals surface area contributed by atoms with Crippen LogP contribution in [-0.4, -0.2) is 14.4 Å². The highest BCUT2D eigenvalue weighted by molar-refractivity contribution is 5.65. The summed E-state index contributed by atoms with van der Waals surface area (Å²) in [5.41, 5.74) is 4.69. The highest BCUT2D eigenvalue weighted by atomic mass is 19.1. The lowest BCUT2D eigenvalue weighted by Gasteiger charge is -2.15. The molecule has 1 aromatic carbocycles. The summed E-state index contributed by atoms with van der Waals surface area (Å²) in [4.78, 5) is 8.74. The SMILES string of the molecule is CC(Nc1ccc(-c2cn3ccccc3n2)cc1)c1ccc(F)cn1. The second kappa shape index (κ2) is 6.36. The third-order valence-electron chi connectivity index (χ3n) is 4.12. The minimum atomic E-state index is -0.326. The first-order chi connectivity index (χ1) is 12.2. The topological polar surface area (TPSA) is 42.2 Å². The molecule has 0 fully saturated rings. The molecule has 0 aliphatic carbocycles. The quantitative estimate of drug-likeness (QED) is 0.588. The molecule has 0 amide bonds. The van der Waals surface area contributed by atoms with E-state index in [4.69, 9.17) is 0 Å². The van der Waals surface area contributed by atoms with Crippen LogP contribution in [0, 0.1) is 5.82 Å². The summed E-state index contributed by atoms with van der Waals surface area (Å²) in [6.07, 6.45) is 5.24. The summed E-state index contributed by atoms with van der Waals surface area (Å²) in [5, 5.41) is 3.37. The van der Waals surface area contributed by atoms with Gasteiger partial charge in [-0.15, -0.1) is 0 Å². The molecule has 4 nitrogen and oxygen atoms in total. The predicted molar refractivity (Wildman–Crippen MR) is 96.9 cm³/mol. The van der Waals surface area contributed by atoms with Crippen molar-refractivity contribution in [2.75, 3.05) is 5.32 Å². The van der Waals surface area contributed by atoms with Crippen LogP contribution < -0.4 is 5.32 Å². The van der Waals surface area contributed by atoms with Crippen molar-refractivity contribution in [3.8, 4) is 11.3 Å². The lowest BCUT2D eigenvalue weighted by Crippen LogP contribution is -2.08. The van der Waals surface area contributed by atoms with Crippen LogP contribution in [0.2, 0.25) is 0 Å². The van der Waals surface area contributed by atoms with E-state index < -0.39 is 0 Å². The second-order valence-electron chi connectivity index (χ2n) is 5.94. The van der Waals surface area contributed by atoms with Gasteiger partial charge in [0.2, 0.25) is 0 Å². The number of hydrogen-bond acceptors (Lipinski definition) is 3. The number of benzene rings is 1. The molecule has 0 bridgehead atoms. The van der Waals surface area contributed by atoms with Crippen molar-refractivity contribution in [2.45, 2.75) is 13.0 Å². The lowest BCUT2D eigenvalue weighted by atomic mass is 10.1. The molecule has 4 aromatic rings. The molecule has 5 heteroatoms. The van der Waals surface area contributed by atoms with Crippen LogP contribution in [0.15, 0.2) is 73.2 Å². The Hall–Kier alpha value is -3.21. The number of pyridine rings is 2. The van der Waals surface area contributed by atoms with Crippen molar-refractivity contribution >= 4 is 11.3 Å². The van der Waals surface area contributed by atoms with Crippen molar-refractivity contribution in [1.82, 2.24) is 14.4 Å². The Labute approximate surface area is 145 Å². The van der Waals surface area contributed by atoms with Gasteiger partial charge < -0.3 is 9.72 Å². The van der Waals surface area contributed by atoms with Crippen LogP contribution >= 0.6 is 0 Å². The van der Waals surface area contributed by atoms with E-state index in [1.54, 1.807) is 6.07 Å². The van der Waals surface area contributed by atoms with E-state index in [0.29, 0.717) is 0 Å². The number of imidazole rings is 1. The van der Waals surface area contributed by atoms with Crippen molar-refractivity contribution < 1.29 is 4.39 Å².